The van der Waals surface area contributed by atoms with Gasteiger partial charge in [-0.25, -0.2) is 0 Å². The number of anilines is 1. The normalized spacial score (nSPS) is 11.4. The fourth-order valence-electron chi connectivity index (χ4n) is 3.00. The number of ether oxygens (including phenoxy) is 1. The molecule has 152 valence electrons. The second kappa shape index (κ2) is 7.98. The first kappa shape index (κ1) is 20.4. The van der Waals surface area contributed by atoms with Gasteiger partial charge < -0.3 is 10.1 Å². The minimum Gasteiger partial charge on any atom is -0.497 e. The average Bonchev–Trinajstić information content (AvgIpc) is 2.95. The van der Waals surface area contributed by atoms with Crippen LogP contribution < -0.4 is 10.1 Å². The predicted octanol–water partition coefficient (Wildman–Crippen LogP) is 4.83. The molecule has 0 unspecified atom stereocenters. The number of carbonyl (C=O) groups excluding carboxylic acids is 1. The van der Waals surface area contributed by atoms with E-state index in [0.29, 0.717) is 23.6 Å². The van der Waals surface area contributed by atoms with Gasteiger partial charge in [0.05, 0.1) is 36.3 Å². The number of halogens is 3. The van der Waals surface area contributed by atoms with E-state index in [2.05, 4.69) is 10.4 Å². The molecule has 3 rings (SSSR count). The topological polar surface area (TPSA) is 56.1 Å². The zero-order chi connectivity index (χ0) is 21.2. The Bertz CT molecular complexity index is 1040. The molecule has 1 aromatic heterocycles. The maximum absolute atomic E-state index is 12.9. The maximum atomic E-state index is 12.9. The van der Waals surface area contributed by atoms with E-state index in [1.165, 1.54) is 12.1 Å². The summed E-state index contributed by atoms with van der Waals surface area (Å²) in [5.74, 6) is 0.102. The van der Waals surface area contributed by atoms with Gasteiger partial charge >= 0.3 is 6.18 Å². The summed E-state index contributed by atoms with van der Waals surface area (Å²) in [6, 6.07) is 11.8. The van der Waals surface area contributed by atoms with Crippen molar-refractivity contribution >= 4 is 11.6 Å². The number of carbonyl (C=O) groups is 1. The molecule has 8 heteroatoms. The monoisotopic (exact) mass is 403 g/mol. The van der Waals surface area contributed by atoms with E-state index in [1.54, 1.807) is 25.6 Å². The van der Waals surface area contributed by atoms with Crippen LogP contribution in [0.3, 0.4) is 0 Å². The van der Waals surface area contributed by atoms with Crippen molar-refractivity contribution in [3.63, 3.8) is 0 Å². The molecule has 1 heterocycles. The third-order valence-electron chi connectivity index (χ3n) is 4.54. The second-order valence-corrected chi connectivity index (χ2v) is 6.59. The van der Waals surface area contributed by atoms with E-state index in [9.17, 15) is 18.0 Å². The average molecular weight is 403 g/mol. The highest BCUT2D eigenvalue weighted by atomic mass is 19.4. The Morgan fingerprint density at radius 2 is 1.86 bits per heavy atom. The fraction of sp³-hybridized carbons (Fsp3) is 0.238. The van der Waals surface area contributed by atoms with Crippen molar-refractivity contribution in [2.75, 3.05) is 12.4 Å². The molecule has 0 saturated carbocycles. The summed E-state index contributed by atoms with van der Waals surface area (Å²) in [5.41, 5.74) is 1.78. The quantitative estimate of drug-likeness (QED) is 0.664. The van der Waals surface area contributed by atoms with Crippen molar-refractivity contribution in [1.82, 2.24) is 9.78 Å². The van der Waals surface area contributed by atoms with Crippen molar-refractivity contribution < 1.29 is 22.7 Å². The van der Waals surface area contributed by atoms with Gasteiger partial charge in [-0.05, 0) is 49.7 Å². The Morgan fingerprint density at radius 1 is 1.14 bits per heavy atom. The molecule has 2 aromatic carbocycles. The lowest BCUT2D eigenvalue weighted by atomic mass is 10.1. The lowest BCUT2D eigenvalue weighted by molar-refractivity contribution is -0.137. The molecule has 0 aliphatic carbocycles. The van der Waals surface area contributed by atoms with E-state index < -0.39 is 17.6 Å². The van der Waals surface area contributed by atoms with E-state index in [0.717, 1.165) is 23.4 Å². The number of aryl methyl sites for hydroxylation is 1. The minimum atomic E-state index is -4.51. The van der Waals surface area contributed by atoms with Crippen molar-refractivity contribution in [3.8, 4) is 5.75 Å². The fourth-order valence-corrected chi connectivity index (χ4v) is 3.00. The molecule has 1 N–H and O–H groups in total. The summed E-state index contributed by atoms with van der Waals surface area (Å²) in [6.07, 6.45) is -4.51. The van der Waals surface area contributed by atoms with E-state index in [1.807, 2.05) is 24.3 Å². The molecule has 0 bridgehead atoms. The highest BCUT2D eigenvalue weighted by Crippen LogP contribution is 2.30. The van der Waals surface area contributed by atoms with Gasteiger partial charge in [-0.3, -0.25) is 9.48 Å². The first-order chi connectivity index (χ1) is 13.7. The number of nitrogens with zero attached hydrogens (tertiary/aromatic N) is 2. The zero-order valence-electron chi connectivity index (χ0n) is 16.2. The van der Waals surface area contributed by atoms with Gasteiger partial charge in [-0.1, -0.05) is 18.2 Å². The first-order valence-electron chi connectivity index (χ1n) is 8.84. The predicted molar refractivity (Wildman–Crippen MR) is 103 cm³/mol. The van der Waals surface area contributed by atoms with E-state index in [4.69, 9.17) is 4.74 Å². The number of nitrogens with one attached hydrogen (secondary N) is 1. The van der Waals surface area contributed by atoms with E-state index in [-0.39, 0.29) is 5.56 Å². The Labute approximate surface area is 166 Å². The lowest BCUT2D eigenvalue weighted by Crippen LogP contribution is -2.15. The molecule has 0 fully saturated rings. The SMILES string of the molecule is COc1cccc(Cn2nc(C)c(NC(=O)c3cccc(C(F)(F)F)c3)c2C)c1. The Balaban J connectivity index is 1.82. The summed E-state index contributed by atoms with van der Waals surface area (Å²) >= 11 is 0. The summed E-state index contributed by atoms with van der Waals surface area (Å²) in [4.78, 5) is 12.5. The number of hydrogen-bond donors (Lipinski definition) is 1. The number of amides is 1. The Morgan fingerprint density at radius 3 is 2.55 bits per heavy atom. The van der Waals surface area contributed by atoms with Crippen LogP contribution in [-0.4, -0.2) is 22.8 Å². The van der Waals surface area contributed by atoms with Gasteiger partial charge in [0.2, 0.25) is 0 Å². The highest BCUT2D eigenvalue weighted by molar-refractivity contribution is 6.05. The summed E-state index contributed by atoms with van der Waals surface area (Å²) in [6.45, 7) is 3.99. The van der Waals surface area contributed by atoms with Crippen molar-refractivity contribution in [3.05, 3.63) is 76.6 Å². The van der Waals surface area contributed by atoms with Gasteiger partial charge in [0.25, 0.3) is 5.91 Å². The largest absolute Gasteiger partial charge is 0.497 e. The number of alkyl halides is 3. The number of methoxy groups -OCH3 is 1. The third kappa shape index (κ3) is 4.59. The van der Waals surface area contributed by atoms with Crippen LogP contribution in [0.5, 0.6) is 5.75 Å². The molecule has 0 aliphatic heterocycles. The van der Waals surface area contributed by atoms with Crippen LogP contribution in [-0.2, 0) is 12.7 Å². The minimum absolute atomic E-state index is 0.0702. The van der Waals surface area contributed by atoms with Crippen LogP contribution in [0.15, 0.2) is 48.5 Å². The Kier molecular flexibility index (Phi) is 5.63. The highest BCUT2D eigenvalue weighted by Gasteiger charge is 2.31. The molecular weight excluding hydrogens is 383 g/mol. The van der Waals surface area contributed by atoms with Crippen molar-refractivity contribution in [2.45, 2.75) is 26.6 Å². The van der Waals surface area contributed by atoms with Crippen molar-refractivity contribution in [1.29, 1.82) is 0 Å². The van der Waals surface area contributed by atoms with Gasteiger partial charge in [0.15, 0.2) is 0 Å². The summed E-state index contributed by atoms with van der Waals surface area (Å²) < 4.78 is 45.6. The van der Waals surface area contributed by atoms with Crippen molar-refractivity contribution in [2.24, 2.45) is 0 Å². The van der Waals surface area contributed by atoms with Crippen LogP contribution in [0, 0.1) is 13.8 Å². The van der Waals surface area contributed by atoms with Gasteiger partial charge in [0.1, 0.15) is 5.75 Å². The molecule has 0 spiro atoms. The van der Waals surface area contributed by atoms with Crippen LogP contribution in [0.25, 0.3) is 0 Å². The number of hydrogen-bond acceptors (Lipinski definition) is 3. The molecule has 29 heavy (non-hydrogen) atoms. The second-order valence-electron chi connectivity index (χ2n) is 6.59. The number of rotatable bonds is 5. The summed E-state index contributed by atoms with van der Waals surface area (Å²) in [5, 5.41) is 7.13. The third-order valence-corrected chi connectivity index (χ3v) is 4.54. The molecule has 0 saturated heterocycles. The molecule has 0 atom stereocenters. The zero-order valence-corrected chi connectivity index (χ0v) is 16.2. The smallest absolute Gasteiger partial charge is 0.416 e. The van der Waals surface area contributed by atoms with Crippen LogP contribution in [0.1, 0.15) is 32.9 Å². The van der Waals surface area contributed by atoms with Gasteiger partial charge in [-0.15, -0.1) is 0 Å². The van der Waals surface area contributed by atoms with Gasteiger partial charge in [-0.2, -0.15) is 18.3 Å². The molecule has 0 radical (unpaired) electrons. The molecular formula is C21H20F3N3O2. The molecule has 1 amide bonds. The first-order valence-corrected chi connectivity index (χ1v) is 8.84. The number of benzene rings is 2. The van der Waals surface area contributed by atoms with Crippen LogP contribution >= 0.6 is 0 Å². The molecule has 3 aromatic rings. The van der Waals surface area contributed by atoms with Gasteiger partial charge in [0, 0.05) is 5.56 Å². The van der Waals surface area contributed by atoms with Crippen LogP contribution in [0.4, 0.5) is 18.9 Å². The lowest BCUT2D eigenvalue weighted by Gasteiger charge is -2.10. The number of aromatic nitrogens is 2. The van der Waals surface area contributed by atoms with Crippen LogP contribution in [0.2, 0.25) is 0 Å². The standard InChI is InChI=1S/C21H20F3N3O2/c1-13-19(25-20(28)16-7-5-8-17(11-16)21(22,23)24)14(2)27(26-13)12-15-6-4-9-18(10-15)29-3/h4-11H,12H2,1-3H3,(H,25,28). The van der Waals surface area contributed by atoms with E-state index >= 15 is 0 Å². The maximum Gasteiger partial charge on any atom is 0.416 e. The molecule has 5 nitrogen and oxygen atoms in total. The summed E-state index contributed by atoms with van der Waals surface area (Å²) in [7, 11) is 1.59. The Hall–Kier alpha value is -3.29. The molecule has 0 aliphatic rings.